The van der Waals surface area contributed by atoms with E-state index in [1.54, 1.807) is 12.1 Å². The molecule has 0 spiro atoms. The van der Waals surface area contributed by atoms with E-state index in [-0.39, 0.29) is 12.4 Å². The summed E-state index contributed by atoms with van der Waals surface area (Å²) in [5.74, 6) is -1.04. The van der Waals surface area contributed by atoms with Gasteiger partial charge in [0.1, 0.15) is 18.2 Å². The Hall–Kier alpha value is -2.14. The molecule has 0 aromatic heterocycles. The van der Waals surface area contributed by atoms with E-state index in [1.807, 2.05) is 0 Å². The molecule has 0 unspecified atom stereocenters. The van der Waals surface area contributed by atoms with Crippen LogP contribution in [0.15, 0.2) is 42.5 Å². The molecule has 3 nitrogen and oxygen atoms in total. The summed E-state index contributed by atoms with van der Waals surface area (Å²) in [5.41, 5.74) is 0.998. The first kappa shape index (κ1) is 15.3. The van der Waals surface area contributed by atoms with Gasteiger partial charge in [0, 0.05) is 6.07 Å². The van der Waals surface area contributed by atoms with Crippen molar-refractivity contribution in [3.05, 3.63) is 59.7 Å². The van der Waals surface area contributed by atoms with Crippen molar-refractivity contribution in [2.75, 3.05) is 19.8 Å². The highest BCUT2D eigenvalue weighted by Gasteiger charge is 2.02. The molecule has 1 N–H and O–H groups in total. The first-order valence-corrected chi connectivity index (χ1v) is 6.58. The number of phenolic OH excluding ortho intramolecular Hbond substituents is 1. The second-order valence-corrected chi connectivity index (χ2v) is 4.45. The second-order valence-electron chi connectivity index (χ2n) is 4.45. The van der Waals surface area contributed by atoms with Crippen molar-refractivity contribution < 1.29 is 23.4 Å². The summed E-state index contributed by atoms with van der Waals surface area (Å²) in [6.07, 6.45) is 0.689. The Kier molecular flexibility index (Phi) is 5.51. The number of ether oxygens (including phenoxy) is 2. The van der Waals surface area contributed by atoms with E-state index in [9.17, 15) is 8.78 Å². The summed E-state index contributed by atoms with van der Waals surface area (Å²) >= 11 is 0. The summed E-state index contributed by atoms with van der Waals surface area (Å²) in [7, 11) is 0. The standard InChI is InChI=1S/C16H16F2O3/c17-13-3-1-12(2-4-13)7-8-20-9-10-21-14-5-6-16(19)15(18)11-14/h1-6,11,19H,7-10H2. The van der Waals surface area contributed by atoms with E-state index in [0.29, 0.717) is 25.4 Å². The molecular formula is C16H16F2O3. The monoisotopic (exact) mass is 294 g/mol. The molecule has 0 saturated heterocycles. The molecule has 2 rings (SSSR count). The number of benzene rings is 2. The van der Waals surface area contributed by atoms with Gasteiger partial charge in [-0.2, -0.15) is 0 Å². The van der Waals surface area contributed by atoms with Crippen molar-refractivity contribution in [1.82, 2.24) is 0 Å². The van der Waals surface area contributed by atoms with Gasteiger partial charge in [-0.05, 0) is 36.2 Å². The summed E-state index contributed by atoms with van der Waals surface area (Å²) in [4.78, 5) is 0. The summed E-state index contributed by atoms with van der Waals surface area (Å²) in [6, 6.07) is 10.1. The third-order valence-electron chi connectivity index (χ3n) is 2.86. The Morgan fingerprint density at radius 1 is 0.905 bits per heavy atom. The SMILES string of the molecule is Oc1ccc(OCCOCCc2ccc(F)cc2)cc1F. The van der Waals surface area contributed by atoms with E-state index >= 15 is 0 Å². The molecule has 5 heteroatoms. The highest BCUT2D eigenvalue weighted by atomic mass is 19.1. The Morgan fingerprint density at radius 3 is 2.38 bits per heavy atom. The predicted molar refractivity (Wildman–Crippen MR) is 74.5 cm³/mol. The summed E-state index contributed by atoms with van der Waals surface area (Å²) < 4.78 is 36.4. The van der Waals surface area contributed by atoms with Gasteiger partial charge in [-0.15, -0.1) is 0 Å². The molecule has 0 aliphatic heterocycles. The topological polar surface area (TPSA) is 38.7 Å². The van der Waals surface area contributed by atoms with Gasteiger partial charge in [0.2, 0.25) is 0 Å². The van der Waals surface area contributed by atoms with Crippen LogP contribution in [0.2, 0.25) is 0 Å². The van der Waals surface area contributed by atoms with Gasteiger partial charge < -0.3 is 14.6 Å². The van der Waals surface area contributed by atoms with E-state index in [1.165, 1.54) is 24.3 Å². The van der Waals surface area contributed by atoms with Crippen LogP contribution in [0.4, 0.5) is 8.78 Å². The lowest BCUT2D eigenvalue weighted by atomic mass is 10.2. The molecule has 0 heterocycles. The molecular weight excluding hydrogens is 278 g/mol. The molecule has 0 saturated carbocycles. The molecule has 0 aliphatic carbocycles. The molecule has 0 aliphatic rings. The zero-order chi connectivity index (χ0) is 15.1. The van der Waals surface area contributed by atoms with Crippen LogP contribution < -0.4 is 4.74 Å². The molecule has 0 amide bonds. The lowest BCUT2D eigenvalue weighted by molar-refractivity contribution is 0.102. The van der Waals surface area contributed by atoms with Crippen LogP contribution >= 0.6 is 0 Å². The van der Waals surface area contributed by atoms with Crippen molar-refractivity contribution in [2.45, 2.75) is 6.42 Å². The Morgan fingerprint density at radius 2 is 1.67 bits per heavy atom. The Bertz CT molecular complexity index is 570. The van der Waals surface area contributed by atoms with Crippen molar-refractivity contribution in [3.63, 3.8) is 0 Å². The van der Waals surface area contributed by atoms with Crippen molar-refractivity contribution in [1.29, 1.82) is 0 Å². The molecule has 2 aromatic rings. The highest BCUT2D eigenvalue weighted by molar-refractivity contribution is 5.31. The van der Waals surface area contributed by atoms with Gasteiger partial charge >= 0.3 is 0 Å². The average molecular weight is 294 g/mol. The van der Waals surface area contributed by atoms with Crippen LogP contribution in [0.3, 0.4) is 0 Å². The number of phenols is 1. The minimum atomic E-state index is -0.718. The quantitative estimate of drug-likeness (QED) is 0.796. The van der Waals surface area contributed by atoms with E-state index in [4.69, 9.17) is 14.6 Å². The van der Waals surface area contributed by atoms with Gasteiger partial charge in [0.05, 0.1) is 13.2 Å². The maximum atomic E-state index is 13.0. The van der Waals surface area contributed by atoms with Gasteiger partial charge in [-0.3, -0.25) is 0 Å². The van der Waals surface area contributed by atoms with Gasteiger partial charge in [-0.25, -0.2) is 8.78 Å². The molecule has 21 heavy (non-hydrogen) atoms. The maximum Gasteiger partial charge on any atom is 0.168 e. The molecule has 0 bridgehead atoms. The molecule has 112 valence electrons. The van der Waals surface area contributed by atoms with Gasteiger partial charge in [0.25, 0.3) is 0 Å². The number of rotatable bonds is 7. The number of halogens is 2. The zero-order valence-corrected chi connectivity index (χ0v) is 11.4. The third-order valence-corrected chi connectivity index (χ3v) is 2.86. The van der Waals surface area contributed by atoms with Crippen LogP contribution in [-0.2, 0) is 11.2 Å². The van der Waals surface area contributed by atoms with Gasteiger partial charge in [0.15, 0.2) is 11.6 Å². The van der Waals surface area contributed by atoms with E-state index < -0.39 is 11.6 Å². The average Bonchev–Trinajstić information content (AvgIpc) is 2.48. The molecule has 2 aromatic carbocycles. The largest absolute Gasteiger partial charge is 0.505 e. The number of hydrogen-bond donors (Lipinski definition) is 1. The van der Waals surface area contributed by atoms with E-state index in [0.717, 1.165) is 11.6 Å². The lowest BCUT2D eigenvalue weighted by Crippen LogP contribution is -2.08. The van der Waals surface area contributed by atoms with Crippen molar-refractivity contribution >= 4 is 0 Å². The van der Waals surface area contributed by atoms with Gasteiger partial charge in [-0.1, -0.05) is 12.1 Å². The molecule has 0 fully saturated rings. The maximum absolute atomic E-state index is 13.0. The van der Waals surface area contributed by atoms with Crippen molar-refractivity contribution in [2.24, 2.45) is 0 Å². The summed E-state index contributed by atoms with van der Waals surface area (Å²) in [5, 5.41) is 9.03. The fourth-order valence-corrected chi connectivity index (χ4v) is 1.74. The smallest absolute Gasteiger partial charge is 0.168 e. The van der Waals surface area contributed by atoms with E-state index in [2.05, 4.69) is 0 Å². The zero-order valence-electron chi connectivity index (χ0n) is 11.4. The van der Waals surface area contributed by atoms with Crippen molar-refractivity contribution in [3.8, 4) is 11.5 Å². The first-order valence-electron chi connectivity index (χ1n) is 6.58. The minimum Gasteiger partial charge on any atom is -0.505 e. The molecule has 0 radical (unpaired) electrons. The van der Waals surface area contributed by atoms with Crippen LogP contribution in [0.1, 0.15) is 5.56 Å². The second kappa shape index (κ2) is 7.59. The fraction of sp³-hybridized carbons (Fsp3) is 0.250. The predicted octanol–water partition coefficient (Wildman–Crippen LogP) is 3.31. The third kappa shape index (κ3) is 5.04. The van der Waals surface area contributed by atoms with Crippen LogP contribution in [-0.4, -0.2) is 24.9 Å². The summed E-state index contributed by atoms with van der Waals surface area (Å²) in [6.45, 7) is 1.15. The molecule has 0 atom stereocenters. The number of aromatic hydroxyl groups is 1. The van der Waals surface area contributed by atoms with Crippen LogP contribution in [0.25, 0.3) is 0 Å². The fourth-order valence-electron chi connectivity index (χ4n) is 1.74. The first-order chi connectivity index (χ1) is 10.1. The van der Waals surface area contributed by atoms with Crippen LogP contribution in [0, 0.1) is 11.6 Å². The minimum absolute atomic E-state index is 0.255. The Labute approximate surface area is 121 Å². The Balaban J connectivity index is 1.61. The van der Waals surface area contributed by atoms with Crippen LogP contribution in [0.5, 0.6) is 11.5 Å². The number of hydrogen-bond acceptors (Lipinski definition) is 3. The highest BCUT2D eigenvalue weighted by Crippen LogP contribution is 2.20. The lowest BCUT2D eigenvalue weighted by Gasteiger charge is -2.08. The normalized spacial score (nSPS) is 10.6.